The fourth-order valence-electron chi connectivity index (χ4n) is 2.00. The van der Waals surface area contributed by atoms with E-state index >= 15 is 0 Å². The molecule has 0 aliphatic carbocycles. The zero-order chi connectivity index (χ0) is 14.6. The molecule has 1 unspecified atom stereocenters. The molecule has 19 heavy (non-hydrogen) atoms. The van der Waals surface area contributed by atoms with Crippen molar-refractivity contribution in [3.05, 3.63) is 39.7 Å². The number of aliphatic carboxylic acids is 1. The maximum absolute atomic E-state index is 13.2. The maximum atomic E-state index is 13.2. The van der Waals surface area contributed by atoms with Gasteiger partial charge in [0.2, 0.25) is 0 Å². The first-order valence-corrected chi connectivity index (χ1v) is 5.97. The lowest BCUT2D eigenvalue weighted by molar-refractivity contribution is -0.385. The first-order valence-electron chi connectivity index (χ1n) is 5.97. The average molecular weight is 269 g/mol. The van der Waals surface area contributed by atoms with Crippen molar-refractivity contribution in [3.63, 3.8) is 0 Å². The Hall–Kier alpha value is -1.98. The van der Waals surface area contributed by atoms with E-state index in [0.717, 1.165) is 18.2 Å². The van der Waals surface area contributed by atoms with Gasteiger partial charge < -0.3 is 5.11 Å². The summed E-state index contributed by atoms with van der Waals surface area (Å²) in [4.78, 5) is 21.4. The predicted octanol–water partition coefficient (Wildman–Crippen LogP) is 3.02. The van der Waals surface area contributed by atoms with Gasteiger partial charge in [-0.25, -0.2) is 4.39 Å². The molecule has 0 heterocycles. The number of carbonyl (C=O) groups is 1. The van der Waals surface area contributed by atoms with Crippen molar-refractivity contribution in [3.8, 4) is 0 Å². The Morgan fingerprint density at radius 2 is 2.11 bits per heavy atom. The van der Waals surface area contributed by atoms with Gasteiger partial charge in [0, 0.05) is 11.6 Å². The topological polar surface area (TPSA) is 80.4 Å². The molecule has 0 bridgehead atoms. The predicted molar refractivity (Wildman–Crippen MR) is 67.3 cm³/mol. The van der Waals surface area contributed by atoms with E-state index in [4.69, 9.17) is 5.11 Å². The van der Waals surface area contributed by atoms with Crippen LogP contribution in [0.3, 0.4) is 0 Å². The molecule has 6 heteroatoms. The summed E-state index contributed by atoms with van der Waals surface area (Å²) in [6, 6.07) is 3.10. The Kier molecular flexibility index (Phi) is 4.97. The first kappa shape index (κ1) is 15.1. The van der Waals surface area contributed by atoms with E-state index in [0.29, 0.717) is 6.42 Å². The summed E-state index contributed by atoms with van der Waals surface area (Å²) in [5.41, 5.74) is -0.116. The van der Waals surface area contributed by atoms with Gasteiger partial charge in [-0.3, -0.25) is 14.9 Å². The van der Waals surface area contributed by atoms with Crippen LogP contribution in [-0.2, 0) is 11.2 Å². The molecule has 0 saturated carbocycles. The molecule has 1 N–H and O–H groups in total. The van der Waals surface area contributed by atoms with E-state index in [1.165, 1.54) is 0 Å². The monoisotopic (exact) mass is 269 g/mol. The Balaban J connectivity index is 3.04. The minimum Gasteiger partial charge on any atom is -0.481 e. The summed E-state index contributed by atoms with van der Waals surface area (Å²) in [5.74, 6) is -2.23. The Bertz CT molecular complexity index is 488. The minimum absolute atomic E-state index is 0.0401. The normalized spacial score (nSPS) is 12.4. The molecule has 0 amide bonds. The highest BCUT2D eigenvalue weighted by molar-refractivity contribution is 5.70. The van der Waals surface area contributed by atoms with Crippen molar-refractivity contribution in [1.29, 1.82) is 0 Å². The van der Waals surface area contributed by atoms with Gasteiger partial charge in [0.1, 0.15) is 5.82 Å². The largest absolute Gasteiger partial charge is 0.481 e. The Labute approximate surface area is 110 Å². The lowest BCUT2D eigenvalue weighted by atomic mass is 9.90. The number of hydrogen-bond acceptors (Lipinski definition) is 3. The molecule has 1 rings (SSSR count). The van der Waals surface area contributed by atoms with Crippen molar-refractivity contribution < 1.29 is 19.2 Å². The summed E-state index contributed by atoms with van der Waals surface area (Å²) in [7, 11) is 0. The number of carboxylic acids is 1. The van der Waals surface area contributed by atoms with E-state index in [1.807, 2.05) is 13.8 Å². The second kappa shape index (κ2) is 6.26. The number of rotatable bonds is 6. The van der Waals surface area contributed by atoms with Crippen molar-refractivity contribution in [2.24, 2.45) is 11.8 Å². The third-order valence-corrected chi connectivity index (χ3v) is 2.81. The number of hydrogen-bond donors (Lipinski definition) is 1. The van der Waals surface area contributed by atoms with E-state index < -0.39 is 22.6 Å². The first-order chi connectivity index (χ1) is 8.81. The zero-order valence-corrected chi connectivity index (χ0v) is 10.8. The molecule has 5 nitrogen and oxygen atoms in total. The number of nitrogens with zero attached hydrogens (tertiary/aromatic N) is 1. The molecule has 0 fully saturated rings. The van der Waals surface area contributed by atoms with Crippen LogP contribution < -0.4 is 0 Å². The number of nitro benzene ring substituents is 1. The van der Waals surface area contributed by atoms with Crippen LogP contribution in [0.1, 0.15) is 25.8 Å². The summed E-state index contributed by atoms with van der Waals surface area (Å²) in [5, 5.41) is 20.0. The Morgan fingerprint density at radius 1 is 1.47 bits per heavy atom. The van der Waals surface area contributed by atoms with E-state index in [-0.39, 0.29) is 23.6 Å². The molecule has 0 spiro atoms. The fourth-order valence-corrected chi connectivity index (χ4v) is 2.00. The van der Waals surface area contributed by atoms with Gasteiger partial charge in [-0.15, -0.1) is 0 Å². The van der Waals surface area contributed by atoms with Crippen LogP contribution in [-0.4, -0.2) is 16.0 Å². The molecule has 1 atom stereocenters. The highest BCUT2D eigenvalue weighted by Crippen LogP contribution is 2.25. The van der Waals surface area contributed by atoms with Gasteiger partial charge in [-0.05, 0) is 30.9 Å². The van der Waals surface area contributed by atoms with Gasteiger partial charge in [0.05, 0.1) is 10.8 Å². The summed E-state index contributed by atoms with van der Waals surface area (Å²) < 4.78 is 13.2. The van der Waals surface area contributed by atoms with Crippen molar-refractivity contribution in [2.75, 3.05) is 0 Å². The zero-order valence-electron chi connectivity index (χ0n) is 10.8. The van der Waals surface area contributed by atoms with Crippen LogP contribution in [0.5, 0.6) is 0 Å². The molecule has 104 valence electrons. The van der Waals surface area contributed by atoms with Gasteiger partial charge >= 0.3 is 5.97 Å². The van der Waals surface area contributed by atoms with Crippen molar-refractivity contribution in [2.45, 2.75) is 26.7 Å². The quantitative estimate of drug-likeness (QED) is 0.635. The number of halogens is 1. The van der Waals surface area contributed by atoms with Crippen LogP contribution in [0.4, 0.5) is 10.1 Å². The Morgan fingerprint density at radius 3 is 2.58 bits per heavy atom. The standard InChI is InChI=1S/C13H16FNO4/c1-8(2)5-10(13(16)17)6-9-7-11(14)3-4-12(9)15(18)19/h3-4,7-8,10H,5-6H2,1-2H3,(H,16,17). The molecule has 0 aromatic heterocycles. The lowest BCUT2D eigenvalue weighted by Crippen LogP contribution is -2.19. The SMILES string of the molecule is CC(C)CC(Cc1cc(F)ccc1[N+](=O)[O-])C(=O)O. The van der Waals surface area contributed by atoms with E-state index in [1.54, 1.807) is 0 Å². The molecule has 0 saturated heterocycles. The fraction of sp³-hybridized carbons (Fsp3) is 0.462. The molecule has 1 aromatic rings. The second-order valence-corrected chi connectivity index (χ2v) is 4.90. The van der Waals surface area contributed by atoms with Crippen molar-refractivity contribution in [1.82, 2.24) is 0 Å². The van der Waals surface area contributed by atoms with Crippen molar-refractivity contribution >= 4 is 11.7 Å². The van der Waals surface area contributed by atoms with Gasteiger partial charge in [0.15, 0.2) is 0 Å². The molecule has 0 aliphatic rings. The number of benzene rings is 1. The van der Waals surface area contributed by atoms with Crippen LogP contribution in [0.2, 0.25) is 0 Å². The number of nitro groups is 1. The highest BCUT2D eigenvalue weighted by Gasteiger charge is 2.24. The number of carboxylic acid groups (broad SMARTS) is 1. The maximum Gasteiger partial charge on any atom is 0.306 e. The summed E-state index contributed by atoms with van der Waals surface area (Å²) >= 11 is 0. The van der Waals surface area contributed by atoms with Crippen LogP contribution in [0, 0.1) is 27.8 Å². The third-order valence-electron chi connectivity index (χ3n) is 2.81. The summed E-state index contributed by atoms with van der Waals surface area (Å²) in [6.45, 7) is 3.74. The molecule has 0 aliphatic heterocycles. The lowest BCUT2D eigenvalue weighted by Gasteiger charge is -2.14. The second-order valence-electron chi connectivity index (χ2n) is 4.90. The molecular weight excluding hydrogens is 253 g/mol. The van der Waals surface area contributed by atoms with Crippen LogP contribution in [0.25, 0.3) is 0 Å². The average Bonchev–Trinajstić information content (AvgIpc) is 2.26. The minimum atomic E-state index is -1.02. The van der Waals surface area contributed by atoms with E-state index in [9.17, 15) is 19.3 Å². The smallest absolute Gasteiger partial charge is 0.306 e. The third kappa shape index (κ3) is 4.31. The highest BCUT2D eigenvalue weighted by atomic mass is 19.1. The van der Waals surface area contributed by atoms with Gasteiger partial charge in [0.25, 0.3) is 5.69 Å². The summed E-state index contributed by atoms with van der Waals surface area (Å²) in [6.07, 6.45) is 0.352. The van der Waals surface area contributed by atoms with Crippen LogP contribution in [0.15, 0.2) is 18.2 Å². The van der Waals surface area contributed by atoms with Crippen LogP contribution >= 0.6 is 0 Å². The molecular formula is C13H16FNO4. The van der Waals surface area contributed by atoms with Gasteiger partial charge in [-0.2, -0.15) is 0 Å². The molecule has 1 aromatic carbocycles. The van der Waals surface area contributed by atoms with Gasteiger partial charge in [-0.1, -0.05) is 13.8 Å². The molecule has 0 radical (unpaired) electrons. The van der Waals surface area contributed by atoms with E-state index in [2.05, 4.69) is 0 Å².